The Hall–Kier alpha value is -2.76. The zero-order chi connectivity index (χ0) is 23.4. The Morgan fingerprint density at radius 3 is 2.66 bits per heavy atom. The molecular formula is C22H25Cl2N5O3. The summed E-state index contributed by atoms with van der Waals surface area (Å²) in [5, 5.41) is 12.5. The molecule has 170 valence electrons. The summed E-state index contributed by atoms with van der Waals surface area (Å²) in [5.74, 6) is -0.543. The van der Waals surface area contributed by atoms with Crippen molar-refractivity contribution in [1.29, 1.82) is 5.26 Å². The van der Waals surface area contributed by atoms with Crippen molar-refractivity contribution in [1.82, 2.24) is 20.0 Å². The number of benzene rings is 1. The standard InChI is InChI=1S/C22H25Cl2N5O3/c1-3-9-27(10-5-8-25)18(30)13-28-12-17-19(21(28)31)20(26-22(32)29(17)4-2)15-7-6-14(23)11-16(15)24/h6-7,11,20H,3-5,9-10,12-13H2,1-2H3,(H,26,32)/t20-/m0/s1. The number of nitrogens with zero attached hydrogens (tertiary/aromatic N) is 4. The first-order chi connectivity index (χ1) is 15.3. The quantitative estimate of drug-likeness (QED) is 0.620. The van der Waals surface area contributed by atoms with Crippen LogP contribution in [0.4, 0.5) is 4.79 Å². The van der Waals surface area contributed by atoms with Gasteiger partial charge in [-0.15, -0.1) is 0 Å². The molecule has 0 aliphatic carbocycles. The van der Waals surface area contributed by atoms with Crippen LogP contribution in [0.1, 0.15) is 38.3 Å². The Bertz CT molecular complexity index is 1000. The summed E-state index contributed by atoms with van der Waals surface area (Å²) in [6, 6.07) is 5.89. The highest BCUT2D eigenvalue weighted by atomic mass is 35.5. The molecule has 0 saturated carbocycles. The van der Waals surface area contributed by atoms with Crippen LogP contribution in [0.15, 0.2) is 29.5 Å². The minimum absolute atomic E-state index is 0.121. The number of hydrogen-bond donors (Lipinski definition) is 1. The fourth-order valence-electron chi connectivity index (χ4n) is 4.06. The number of likely N-dealkylation sites (N-methyl/N-ethyl adjacent to an activating group) is 1. The molecule has 0 bridgehead atoms. The predicted octanol–water partition coefficient (Wildman–Crippen LogP) is 3.33. The number of urea groups is 1. The van der Waals surface area contributed by atoms with Gasteiger partial charge in [-0.1, -0.05) is 36.2 Å². The first kappa shape index (κ1) is 23.9. The Kier molecular flexibility index (Phi) is 7.64. The van der Waals surface area contributed by atoms with E-state index < -0.39 is 6.04 Å². The summed E-state index contributed by atoms with van der Waals surface area (Å²) < 4.78 is 0. The monoisotopic (exact) mass is 477 g/mol. The second kappa shape index (κ2) is 10.2. The van der Waals surface area contributed by atoms with Crippen LogP contribution in [-0.4, -0.2) is 65.3 Å². The molecule has 0 radical (unpaired) electrons. The van der Waals surface area contributed by atoms with Crippen molar-refractivity contribution in [2.45, 2.75) is 32.7 Å². The van der Waals surface area contributed by atoms with E-state index in [0.29, 0.717) is 46.5 Å². The maximum Gasteiger partial charge on any atom is 0.322 e. The zero-order valence-corrected chi connectivity index (χ0v) is 19.5. The maximum atomic E-state index is 13.4. The predicted molar refractivity (Wildman–Crippen MR) is 121 cm³/mol. The number of halogens is 2. The highest BCUT2D eigenvalue weighted by Gasteiger charge is 2.44. The summed E-state index contributed by atoms with van der Waals surface area (Å²) in [4.78, 5) is 43.6. The van der Waals surface area contributed by atoms with E-state index in [1.54, 1.807) is 23.1 Å². The molecule has 10 heteroatoms. The number of carbonyl (C=O) groups is 3. The SMILES string of the molecule is CCCN(CCC#N)C(=O)CN1CC2=C(C1=O)[C@H](c1ccc(Cl)cc1Cl)NC(=O)N2CC. The Morgan fingerprint density at radius 2 is 2.03 bits per heavy atom. The number of carbonyl (C=O) groups excluding carboxylic acids is 3. The normalized spacial score (nSPS) is 17.9. The van der Waals surface area contributed by atoms with E-state index in [9.17, 15) is 14.4 Å². The summed E-state index contributed by atoms with van der Waals surface area (Å²) in [7, 11) is 0. The summed E-state index contributed by atoms with van der Waals surface area (Å²) >= 11 is 12.4. The molecule has 0 saturated heterocycles. The lowest BCUT2D eigenvalue weighted by atomic mass is 9.95. The van der Waals surface area contributed by atoms with E-state index in [1.165, 1.54) is 9.80 Å². The van der Waals surface area contributed by atoms with Crippen molar-refractivity contribution in [2.24, 2.45) is 0 Å². The highest BCUT2D eigenvalue weighted by Crippen LogP contribution is 2.39. The van der Waals surface area contributed by atoms with Gasteiger partial charge in [0, 0.05) is 29.7 Å². The van der Waals surface area contributed by atoms with Gasteiger partial charge in [-0.25, -0.2) is 4.79 Å². The van der Waals surface area contributed by atoms with Gasteiger partial charge in [0.05, 0.1) is 36.3 Å². The van der Waals surface area contributed by atoms with Crippen LogP contribution in [0.2, 0.25) is 10.0 Å². The first-order valence-corrected chi connectivity index (χ1v) is 11.3. The molecule has 1 atom stereocenters. The van der Waals surface area contributed by atoms with Gasteiger partial charge >= 0.3 is 6.03 Å². The smallest absolute Gasteiger partial charge is 0.322 e. The van der Waals surface area contributed by atoms with E-state index in [0.717, 1.165) is 6.42 Å². The molecular weight excluding hydrogens is 453 g/mol. The molecule has 0 spiro atoms. The minimum Gasteiger partial charge on any atom is -0.340 e. The minimum atomic E-state index is -0.733. The molecule has 1 aromatic rings. The van der Waals surface area contributed by atoms with Gasteiger partial charge in [0.1, 0.15) is 6.54 Å². The zero-order valence-electron chi connectivity index (χ0n) is 18.0. The van der Waals surface area contributed by atoms with E-state index in [1.807, 2.05) is 19.9 Å². The van der Waals surface area contributed by atoms with Crippen molar-refractivity contribution in [3.63, 3.8) is 0 Å². The first-order valence-electron chi connectivity index (χ1n) is 10.5. The van der Waals surface area contributed by atoms with E-state index in [4.69, 9.17) is 28.5 Å². The van der Waals surface area contributed by atoms with E-state index in [2.05, 4.69) is 5.32 Å². The Morgan fingerprint density at radius 1 is 1.28 bits per heavy atom. The number of rotatable bonds is 8. The molecule has 1 aromatic carbocycles. The van der Waals surface area contributed by atoms with Gasteiger partial charge in [0.25, 0.3) is 5.91 Å². The average molecular weight is 478 g/mol. The lowest BCUT2D eigenvalue weighted by Gasteiger charge is -2.33. The number of amides is 4. The van der Waals surface area contributed by atoms with Gasteiger partial charge in [-0.2, -0.15) is 5.26 Å². The third kappa shape index (κ3) is 4.69. The van der Waals surface area contributed by atoms with Crippen molar-refractivity contribution in [2.75, 3.05) is 32.7 Å². The maximum absolute atomic E-state index is 13.4. The van der Waals surface area contributed by atoms with Crippen LogP contribution >= 0.6 is 23.2 Å². The molecule has 4 amide bonds. The second-order valence-corrected chi connectivity index (χ2v) is 8.45. The second-order valence-electron chi connectivity index (χ2n) is 7.60. The Balaban J connectivity index is 1.89. The molecule has 1 N–H and O–H groups in total. The molecule has 0 unspecified atom stereocenters. The molecule has 2 aliphatic rings. The van der Waals surface area contributed by atoms with Crippen molar-refractivity contribution in [3.8, 4) is 6.07 Å². The number of nitrogens with one attached hydrogen (secondary N) is 1. The molecule has 3 rings (SSSR count). The van der Waals surface area contributed by atoms with Crippen molar-refractivity contribution < 1.29 is 14.4 Å². The fraction of sp³-hybridized carbons (Fsp3) is 0.455. The summed E-state index contributed by atoms with van der Waals surface area (Å²) in [6.45, 7) is 5.02. The van der Waals surface area contributed by atoms with Gasteiger partial charge in [0.15, 0.2) is 0 Å². The fourth-order valence-corrected chi connectivity index (χ4v) is 4.58. The topological polar surface area (TPSA) is 96.7 Å². The molecule has 0 aromatic heterocycles. The summed E-state index contributed by atoms with van der Waals surface area (Å²) in [6.07, 6.45) is 0.979. The molecule has 2 heterocycles. The van der Waals surface area contributed by atoms with Gasteiger partial charge in [0.2, 0.25) is 5.91 Å². The van der Waals surface area contributed by atoms with Crippen LogP contribution in [0.3, 0.4) is 0 Å². The van der Waals surface area contributed by atoms with Crippen molar-refractivity contribution >= 4 is 41.0 Å². The Labute approximate surface area is 197 Å². The molecule has 8 nitrogen and oxygen atoms in total. The van der Waals surface area contributed by atoms with Crippen LogP contribution < -0.4 is 5.32 Å². The van der Waals surface area contributed by atoms with Gasteiger partial charge in [-0.05, 0) is 31.0 Å². The van der Waals surface area contributed by atoms with Gasteiger partial charge < -0.3 is 15.1 Å². The molecule has 32 heavy (non-hydrogen) atoms. The number of hydrogen-bond acceptors (Lipinski definition) is 4. The lowest BCUT2D eigenvalue weighted by Crippen LogP contribution is -2.47. The van der Waals surface area contributed by atoms with E-state index >= 15 is 0 Å². The molecule has 2 aliphatic heterocycles. The highest BCUT2D eigenvalue weighted by molar-refractivity contribution is 6.35. The average Bonchev–Trinajstić information content (AvgIpc) is 3.06. The van der Waals surface area contributed by atoms with Crippen LogP contribution in [0.5, 0.6) is 0 Å². The van der Waals surface area contributed by atoms with Crippen LogP contribution in [0.25, 0.3) is 0 Å². The third-order valence-corrected chi connectivity index (χ3v) is 6.11. The molecule has 0 fully saturated rings. The third-order valence-electron chi connectivity index (χ3n) is 5.55. The largest absolute Gasteiger partial charge is 0.340 e. The summed E-state index contributed by atoms with van der Waals surface area (Å²) in [5.41, 5.74) is 1.54. The van der Waals surface area contributed by atoms with Crippen LogP contribution in [0, 0.1) is 11.3 Å². The number of nitriles is 1. The lowest BCUT2D eigenvalue weighted by molar-refractivity contribution is -0.137. The van der Waals surface area contributed by atoms with E-state index in [-0.39, 0.29) is 37.4 Å². The van der Waals surface area contributed by atoms with Crippen LogP contribution in [-0.2, 0) is 9.59 Å². The van der Waals surface area contributed by atoms with Gasteiger partial charge in [-0.3, -0.25) is 14.5 Å². The van der Waals surface area contributed by atoms with Crippen molar-refractivity contribution in [3.05, 3.63) is 45.1 Å².